The number of methoxy groups -OCH3 is 1. The van der Waals surface area contributed by atoms with Crippen molar-refractivity contribution in [1.29, 1.82) is 0 Å². The number of nitrogens with one attached hydrogen (secondary N) is 1. The summed E-state index contributed by atoms with van der Waals surface area (Å²) in [7, 11) is 1.63. The number of thioether (sulfide) groups is 1. The normalized spacial score (nSPS) is 14.0. The van der Waals surface area contributed by atoms with Crippen LogP contribution in [0.25, 0.3) is 10.2 Å². The number of nitrogens with zero attached hydrogens (tertiary/aromatic N) is 4. The molecule has 2 heterocycles. The van der Waals surface area contributed by atoms with Gasteiger partial charge in [0, 0.05) is 6.04 Å². The number of thiazole rings is 1. The van der Waals surface area contributed by atoms with Crippen molar-refractivity contribution in [2.45, 2.75) is 31.0 Å². The molecule has 1 saturated carbocycles. The Morgan fingerprint density at radius 3 is 3.04 bits per heavy atom. The van der Waals surface area contributed by atoms with Crippen molar-refractivity contribution in [2.75, 3.05) is 18.2 Å². The molecular weight excluding hydrogens is 358 g/mol. The van der Waals surface area contributed by atoms with Crippen LogP contribution >= 0.6 is 23.1 Å². The van der Waals surface area contributed by atoms with Crippen LogP contribution in [0.4, 0.5) is 5.13 Å². The Kier molecular flexibility index (Phi) is 4.34. The number of aryl methyl sites for hydroxylation is 1. The fraction of sp³-hybridized carbons (Fsp3) is 0.375. The van der Waals surface area contributed by atoms with E-state index in [1.165, 1.54) is 23.1 Å². The van der Waals surface area contributed by atoms with Gasteiger partial charge in [0.2, 0.25) is 5.91 Å². The molecule has 1 aliphatic rings. The van der Waals surface area contributed by atoms with E-state index >= 15 is 0 Å². The van der Waals surface area contributed by atoms with Crippen molar-refractivity contribution >= 4 is 44.4 Å². The first-order valence-electron chi connectivity index (χ1n) is 7.93. The zero-order valence-corrected chi connectivity index (χ0v) is 15.5. The average molecular weight is 375 g/mol. The zero-order valence-electron chi connectivity index (χ0n) is 13.9. The molecule has 0 radical (unpaired) electrons. The number of amides is 1. The number of fused-ring (bicyclic) bond motifs is 1. The lowest BCUT2D eigenvalue weighted by Crippen LogP contribution is -2.14. The molecular formula is C16H17N5O2S2. The van der Waals surface area contributed by atoms with Crippen molar-refractivity contribution in [1.82, 2.24) is 19.7 Å². The molecule has 0 spiro atoms. The van der Waals surface area contributed by atoms with E-state index in [0.29, 0.717) is 11.2 Å². The van der Waals surface area contributed by atoms with E-state index in [0.717, 1.165) is 39.8 Å². The third-order valence-electron chi connectivity index (χ3n) is 3.92. The average Bonchev–Trinajstić information content (AvgIpc) is 3.25. The molecule has 1 fully saturated rings. The second-order valence-corrected chi connectivity index (χ2v) is 7.79. The maximum Gasteiger partial charge on any atom is 0.236 e. The van der Waals surface area contributed by atoms with Crippen molar-refractivity contribution in [3.05, 3.63) is 24.0 Å². The second kappa shape index (κ2) is 6.64. The predicted octanol–water partition coefficient (Wildman–Crippen LogP) is 3.27. The van der Waals surface area contributed by atoms with Gasteiger partial charge in [-0.05, 0) is 38.0 Å². The molecule has 1 aliphatic carbocycles. The summed E-state index contributed by atoms with van der Waals surface area (Å²) in [6.45, 7) is 1.95. The molecule has 0 bridgehead atoms. The standard InChI is InChI=1S/C16H17N5O2S2/c1-9-19-20-16(21(9)10-3-4-10)24-8-14(22)18-15-17-12-6-5-11(23-2)7-13(12)25-15/h5-7,10H,3-4,8H2,1-2H3,(H,17,18,22). The summed E-state index contributed by atoms with van der Waals surface area (Å²) in [5.74, 6) is 1.87. The molecule has 4 rings (SSSR count). The van der Waals surface area contributed by atoms with Crippen LogP contribution in [0.1, 0.15) is 24.7 Å². The number of aromatic nitrogens is 4. The SMILES string of the molecule is COc1ccc2nc(NC(=O)CSc3nnc(C)n3C3CC3)sc2c1. The van der Waals surface area contributed by atoms with E-state index in [1.54, 1.807) is 7.11 Å². The van der Waals surface area contributed by atoms with Crippen LogP contribution in [0, 0.1) is 6.92 Å². The Labute approximate surface area is 152 Å². The zero-order chi connectivity index (χ0) is 17.4. The van der Waals surface area contributed by atoms with Gasteiger partial charge in [-0.25, -0.2) is 4.98 Å². The summed E-state index contributed by atoms with van der Waals surface area (Å²) in [6, 6.07) is 6.16. The molecule has 0 saturated heterocycles. The fourth-order valence-electron chi connectivity index (χ4n) is 2.57. The lowest BCUT2D eigenvalue weighted by Gasteiger charge is -2.05. The molecule has 25 heavy (non-hydrogen) atoms. The van der Waals surface area contributed by atoms with Crippen LogP contribution < -0.4 is 10.1 Å². The Morgan fingerprint density at radius 2 is 2.28 bits per heavy atom. The van der Waals surface area contributed by atoms with Crippen LogP contribution in [0.15, 0.2) is 23.4 Å². The highest BCUT2D eigenvalue weighted by Crippen LogP contribution is 2.38. The fourth-order valence-corrected chi connectivity index (χ4v) is 4.33. The molecule has 3 aromatic rings. The topological polar surface area (TPSA) is 81.9 Å². The molecule has 1 aromatic carbocycles. The Bertz CT molecular complexity index is 932. The highest BCUT2D eigenvalue weighted by atomic mass is 32.2. The molecule has 1 amide bonds. The van der Waals surface area contributed by atoms with Gasteiger partial charge in [-0.1, -0.05) is 23.1 Å². The third-order valence-corrected chi connectivity index (χ3v) is 5.80. The van der Waals surface area contributed by atoms with Crippen molar-refractivity contribution < 1.29 is 9.53 Å². The number of ether oxygens (including phenoxy) is 1. The van der Waals surface area contributed by atoms with Crippen LogP contribution in [0.5, 0.6) is 5.75 Å². The lowest BCUT2D eigenvalue weighted by molar-refractivity contribution is -0.113. The molecule has 1 N–H and O–H groups in total. The summed E-state index contributed by atoms with van der Waals surface area (Å²) >= 11 is 2.84. The summed E-state index contributed by atoms with van der Waals surface area (Å²) in [5.41, 5.74) is 0.845. The quantitative estimate of drug-likeness (QED) is 0.666. The van der Waals surface area contributed by atoms with Crippen LogP contribution in [0.2, 0.25) is 0 Å². The number of carbonyl (C=O) groups excluding carboxylic acids is 1. The highest BCUT2D eigenvalue weighted by Gasteiger charge is 2.28. The van der Waals surface area contributed by atoms with E-state index in [4.69, 9.17) is 4.74 Å². The van der Waals surface area contributed by atoms with Gasteiger partial charge in [-0.15, -0.1) is 10.2 Å². The number of hydrogen-bond donors (Lipinski definition) is 1. The summed E-state index contributed by atoms with van der Waals surface area (Å²) < 4.78 is 8.32. The van der Waals surface area contributed by atoms with Crippen molar-refractivity contribution in [3.8, 4) is 5.75 Å². The summed E-state index contributed by atoms with van der Waals surface area (Å²) in [6.07, 6.45) is 2.32. The van der Waals surface area contributed by atoms with Gasteiger partial charge in [0.25, 0.3) is 0 Å². The molecule has 0 aliphatic heterocycles. The molecule has 7 nitrogen and oxygen atoms in total. The van der Waals surface area contributed by atoms with Gasteiger partial charge >= 0.3 is 0 Å². The van der Waals surface area contributed by atoms with Crippen molar-refractivity contribution in [2.24, 2.45) is 0 Å². The van der Waals surface area contributed by atoms with Gasteiger partial charge < -0.3 is 14.6 Å². The molecule has 2 aromatic heterocycles. The van der Waals surface area contributed by atoms with Gasteiger partial charge in [0.1, 0.15) is 11.6 Å². The van der Waals surface area contributed by atoms with Crippen LogP contribution in [-0.2, 0) is 4.79 Å². The summed E-state index contributed by atoms with van der Waals surface area (Å²) in [4.78, 5) is 16.7. The Balaban J connectivity index is 1.40. The Morgan fingerprint density at radius 1 is 1.44 bits per heavy atom. The van der Waals surface area contributed by atoms with E-state index in [2.05, 4.69) is 25.1 Å². The minimum atomic E-state index is -0.0981. The highest BCUT2D eigenvalue weighted by molar-refractivity contribution is 7.99. The monoisotopic (exact) mass is 375 g/mol. The third kappa shape index (κ3) is 3.47. The first-order valence-corrected chi connectivity index (χ1v) is 9.73. The van der Waals surface area contributed by atoms with Crippen molar-refractivity contribution in [3.63, 3.8) is 0 Å². The van der Waals surface area contributed by atoms with Gasteiger partial charge in [0.15, 0.2) is 10.3 Å². The van der Waals surface area contributed by atoms with E-state index in [-0.39, 0.29) is 11.7 Å². The molecule has 130 valence electrons. The minimum Gasteiger partial charge on any atom is -0.497 e. The van der Waals surface area contributed by atoms with Gasteiger partial charge in [0.05, 0.1) is 23.1 Å². The van der Waals surface area contributed by atoms with Gasteiger partial charge in [-0.2, -0.15) is 0 Å². The first-order chi connectivity index (χ1) is 12.1. The second-order valence-electron chi connectivity index (χ2n) is 5.82. The number of anilines is 1. The number of rotatable bonds is 6. The van der Waals surface area contributed by atoms with Crippen LogP contribution in [0.3, 0.4) is 0 Å². The number of benzene rings is 1. The maximum absolute atomic E-state index is 12.2. The predicted molar refractivity (Wildman–Crippen MR) is 98.6 cm³/mol. The van der Waals surface area contributed by atoms with E-state index < -0.39 is 0 Å². The van der Waals surface area contributed by atoms with Crippen LogP contribution in [-0.4, -0.2) is 38.5 Å². The number of carbonyl (C=O) groups is 1. The largest absolute Gasteiger partial charge is 0.497 e. The van der Waals surface area contributed by atoms with Gasteiger partial charge in [-0.3, -0.25) is 4.79 Å². The molecule has 9 heteroatoms. The lowest BCUT2D eigenvalue weighted by atomic mass is 10.3. The van der Waals surface area contributed by atoms with E-state index in [9.17, 15) is 4.79 Å². The first kappa shape index (κ1) is 16.3. The maximum atomic E-state index is 12.2. The smallest absolute Gasteiger partial charge is 0.236 e. The minimum absolute atomic E-state index is 0.0981. The van der Waals surface area contributed by atoms with E-state index in [1.807, 2.05) is 25.1 Å². The Hall–Kier alpha value is -2.13. The molecule has 0 atom stereocenters. The summed E-state index contributed by atoms with van der Waals surface area (Å²) in [5, 5.41) is 12.6. The number of hydrogen-bond acceptors (Lipinski definition) is 7. The molecule has 0 unspecified atom stereocenters.